The van der Waals surface area contributed by atoms with E-state index in [0.717, 1.165) is 54.6 Å². The van der Waals surface area contributed by atoms with Crippen LogP contribution in [0.15, 0.2) is 77.7 Å². The number of benzene rings is 3. The maximum absolute atomic E-state index is 13.9. The maximum atomic E-state index is 13.9. The molecule has 0 aliphatic carbocycles. The molecule has 0 saturated carbocycles. The van der Waals surface area contributed by atoms with Gasteiger partial charge in [-0.05, 0) is 86.9 Å². The molecule has 11 heteroatoms. The Bertz CT molecular complexity index is 1880. The zero-order valence-corrected chi connectivity index (χ0v) is 29.3. The normalized spacial score (nSPS) is 19.6. The number of anilines is 2. The zero-order chi connectivity index (χ0) is 34.2. The Hall–Kier alpha value is -4.35. The van der Waals surface area contributed by atoms with Crippen LogP contribution in [-0.4, -0.2) is 54.8 Å². The molecule has 254 valence electrons. The van der Waals surface area contributed by atoms with Crippen LogP contribution in [-0.2, 0) is 21.9 Å². The molecule has 1 aromatic heterocycles. The van der Waals surface area contributed by atoms with Crippen molar-refractivity contribution >= 4 is 27.6 Å². The number of ether oxygens (including phenoxy) is 2. The highest BCUT2D eigenvalue weighted by atomic mass is 32.2. The van der Waals surface area contributed by atoms with Gasteiger partial charge in [-0.3, -0.25) is 5.32 Å². The molecule has 0 radical (unpaired) electrons. The van der Waals surface area contributed by atoms with E-state index in [0.29, 0.717) is 28.9 Å². The molecule has 2 amide bonds. The molecule has 6 rings (SSSR count). The average Bonchev–Trinajstić information content (AvgIpc) is 3.60. The Labute approximate surface area is 283 Å². The van der Waals surface area contributed by atoms with Crippen molar-refractivity contribution in [3.05, 3.63) is 89.6 Å². The van der Waals surface area contributed by atoms with Crippen molar-refractivity contribution in [2.24, 2.45) is 5.92 Å². The van der Waals surface area contributed by atoms with Crippen LogP contribution in [0.2, 0.25) is 0 Å². The number of hydrogen-bond acceptors (Lipinski definition) is 6. The Morgan fingerprint density at radius 1 is 0.917 bits per heavy atom. The van der Waals surface area contributed by atoms with Crippen LogP contribution >= 0.6 is 0 Å². The van der Waals surface area contributed by atoms with Crippen molar-refractivity contribution in [1.82, 2.24) is 14.1 Å². The summed E-state index contributed by atoms with van der Waals surface area (Å²) < 4.78 is 42.1. The van der Waals surface area contributed by atoms with Crippen molar-refractivity contribution < 1.29 is 22.7 Å². The van der Waals surface area contributed by atoms with E-state index < -0.39 is 10.0 Å². The fourth-order valence-electron chi connectivity index (χ4n) is 7.01. The maximum Gasteiger partial charge on any atom is 0.324 e. The van der Waals surface area contributed by atoms with Gasteiger partial charge in [0.25, 0.3) is 0 Å². The summed E-state index contributed by atoms with van der Waals surface area (Å²) in [6.45, 7) is 8.32. The van der Waals surface area contributed by atoms with E-state index in [2.05, 4.69) is 37.5 Å². The molecule has 2 atom stereocenters. The zero-order valence-electron chi connectivity index (χ0n) is 28.5. The Morgan fingerprint density at radius 3 is 2.27 bits per heavy atom. The van der Waals surface area contributed by atoms with E-state index in [4.69, 9.17) is 14.6 Å². The molecule has 10 nitrogen and oxygen atoms in total. The van der Waals surface area contributed by atoms with Gasteiger partial charge in [-0.1, -0.05) is 50.6 Å². The first-order valence-electron chi connectivity index (χ1n) is 16.5. The third kappa shape index (κ3) is 6.93. The smallest absolute Gasteiger partial charge is 0.324 e. The minimum atomic E-state index is -3.78. The molecule has 2 N–H and O–H groups in total. The van der Waals surface area contributed by atoms with Crippen molar-refractivity contribution in [3.63, 3.8) is 0 Å². The van der Waals surface area contributed by atoms with E-state index in [1.54, 1.807) is 27.2 Å². The number of fused-ring (bicyclic) bond motifs is 2. The summed E-state index contributed by atoms with van der Waals surface area (Å²) in [6, 6.07) is 22.2. The van der Waals surface area contributed by atoms with Gasteiger partial charge in [0.2, 0.25) is 10.0 Å². The summed E-state index contributed by atoms with van der Waals surface area (Å²) in [7, 11) is -0.771. The molecule has 48 heavy (non-hydrogen) atoms. The van der Waals surface area contributed by atoms with Crippen LogP contribution < -0.4 is 20.1 Å². The first-order chi connectivity index (χ1) is 22.8. The second kappa shape index (κ2) is 13.3. The molecule has 3 aromatic carbocycles. The lowest BCUT2D eigenvalue weighted by molar-refractivity contribution is 0.189. The number of sulfonamides is 1. The van der Waals surface area contributed by atoms with E-state index in [1.807, 2.05) is 55.5 Å². The van der Waals surface area contributed by atoms with Crippen LogP contribution in [0.25, 0.3) is 5.69 Å². The number of carbonyl (C=O) groups is 1. The predicted molar refractivity (Wildman–Crippen MR) is 188 cm³/mol. The first kappa shape index (κ1) is 33.5. The summed E-state index contributed by atoms with van der Waals surface area (Å²) in [6.07, 6.45) is 4.03. The number of amides is 2. The van der Waals surface area contributed by atoms with Crippen molar-refractivity contribution in [1.29, 1.82) is 0 Å². The van der Waals surface area contributed by atoms with Gasteiger partial charge in [-0.15, -0.1) is 0 Å². The van der Waals surface area contributed by atoms with Gasteiger partial charge in [0.05, 0.1) is 25.6 Å². The topological polar surface area (TPSA) is 115 Å². The quantitative estimate of drug-likeness (QED) is 0.193. The second-order valence-electron chi connectivity index (χ2n) is 14.0. The fourth-order valence-corrected chi connectivity index (χ4v) is 9.08. The van der Waals surface area contributed by atoms with Gasteiger partial charge < -0.3 is 14.8 Å². The Kier molecular flexibility index (Phi) is 9.28. The summed E-state index contributed by atoms with van der Waals surface area (Å²) >= 11 is 0. The summed E-state index contributed by atoms with van der Waals surface area (Å²) in [5.41, 5.74) is 4.47. The highest BCUT2D eigenvalue weighted by Crippen LogP contribution is 2.45. The van der Waals surface area contributed by atoms with E-state index in [9.17, 15) is 13.2 Å². The molecule has 2 saturated heterocycles. The molecule has 2 fully saturated rings. The third-order valence-electron chi connectivity index (χ3n) is 9.40. The number of hydrogen-bond donors (Lipinski definition) is 2. The molecule has 4 aromatic rings. The molecule has 2 aliphatic heterocycles. The number of rotatable bonds is 9. The van der Waals surface area contributed by atoms with Gasteiger partial charge in [-0.25, -0.2) is 17.9 Å². The molecule has 3 heterocycles. The molecular formula is C37H45N5O5S. The molecule has 2 unspecified atom stereocenters. The highest BCUT2D eigenvalue weighted by molar-refractivity contribution is 7.89. The number of nitrogens with one attached hydrogen (secondary N) is 2. The molecule has 0 spiro atoms. The van der Waals surface area contributed by atoms with Crippen LogP contribution in [0, 0.1) is 12.8 Å². The number of aromatic nitrogens is 2. The molecule has 2 bridgehead atoms. The van der Waals surface area contributed by atoms with Gasteiger partial charge in [-0.2, -0.15) is 9.40 Å². The monoisotopic (exact) mass is 671 g/mol. The Balaban J connectivity index is 1.13. The SMILES string of the molecule is COc1ccc(OC)c(S(=O)(=O)N2C3CCC2CC(Cc2cccc(NC(=O)Nc4cc(C(C)(C)C)nn4-c4ccc(C)cc4)c2)C3)c1. The predicted octanol–water partition coefficient (Wildman–Crippen LogP) is 7.31. The van der Waals surface area contributed by atoms with E-state index in [-0.39, 0.29) is 28.4 Å². The van der Waals surface area contributed by atoms with Crippen LogP contribution in [0.1, 0.15) is 63.3 Å². The van der Waals surface area contributed by atoms with Gasteiger partial charge in [0.15, 0.2) is 0 Å². The molecular weight excluding hydrogens is 627 g/mol. The van der Waals surface area contributed by atoms with Gasteiger partial charge in [0, 0.05) is 35.3 Å². The van der Waals surface area contributed by atoms with Crippen LogP contribution in [0.3, 0.4) is 0 Å². The standard InChI is InChI=1S/C37H45N5O5S/c1-24-10-12-28(13-11-24)41-35(23-34(40-41)37(2,3)4)39-36(43)38-27-9-7-8-25(19-27)18-26-20-29-14-15-30(21-26)42(29)48(44,45)33-22-31(46-5)16-17-32(33)47-6/h7-13,16-17,19,22-23,26,29-30H,14-15,18,20-21H2,1-6H3,(H2,38,39,43). The Morgan fingerprint density at radius 2 is 1.62 bits per heavy atom. The molecule has 2 aliphatic rings. The summed E-state index contributed by atoms with van der Waals surface area (Å²) in [5.74, 6) is 1.70. The number of nitrogens with zero attached hydrogens (tertiary/aromatic N) is 3. The van der Waals surface area contributed by atoms with E-state index >= 15 is 0 Å². The lowest BCUT2D eigenvalue weighted by Gasteiger charge is -2.38. The summed E-state index contributed by atoms with van der Waals surface area (Å²) in [4.78, 5) is 13.4. The fraction of sp³-hybridized carbons (Fsp3) is 0.405. The minimum Gasteiger partial charge on any atom is -0.497 e. The number of aryl methyl sites for hydroxylation is 1. The van der Waals surface area contributed by atoms with Gasteiger partial charge >= 0.3 is 6.03 Å². The average molecular weight is 672 g/mol. The third-order valence-corrected chi connectivity index (χ3v) is 11.4. The number of urea groups is 1. The lowest BCUT2D eigenvalue weighted by Crippen LogP contribution is -2.46. The number of piperidine rings is 1. The van der Waals surface area contributed by atoms with Crippen molar-refractivity contribution in [2.45, 2.75) is 82.2 Å². The second-order valence-corrected chi connectivity index (χ2v) is 15.8. The lowest BCUT2D eigenvalue weighted by atomic mass is 9.87. The highest BCUT2D eigenvalue weighted by Gasteiger charge is 2.47. The number of carbonyl (C=O) groups excluding carboxylic acids is 1. The van der Waals surface area contributed by atoms with Gasteiger partial charge in [0.1, 0.15) is 22.2 Å². The van der Waals surface area contributed by atoms with Crippen LogP contribution in [0.5, 0.6) is 11.5 Å². The minimum absolute atomic E-state index is 0.0712. The largest absolute Gasteiger partial charge is 0.497 e. The first-order valence-corrected chi connectivity index (χ1v) is 17.9. The van der Waals surface area contributed by atoms with Crippen molar-refractivity contribution in [2.75, 3.05) is 24.9 Å². The van der Waals surface area contributed by atoms with Crippen molar-refractivity contribution in [3.8, 4) is 17.2 Å². The van der Waals surface area contributed by atoms with E-state index in [1.165, 1.54) is 14.2 Å². The summed E-state index contributed by atoms with van der Waals surface area (Å²) in [5, 5.41) is 10.8. The number of methoxy groups -OCH3 is 2. The van der Waals surface area contributed by atoms with Crippen LogP contribution in [0.4, 0.5) is 16.3 Å².